The summed E-state index contributed by atoms with van der Waals surface area (Å²) in [7, 11) is 1.63. The first-order valence-corrected chi connectivity index (χ1v) is 12.1. The third-order valence-corrected chi connectivity index (χ3v) is 7.29. The molecule has 2 aromatic carbocycles. The van der Waals surface area contributed by atoms with E-state index in [9.17, 15) is 9.59 Å². The molecule has 1 fully saturated rings. The monoisotopic (exact) mass is 471 g/mol. The second-order valence-electron chi connectivity index (χ2n) is 9.45. The number of nitrogens with zero attached hydrogens (tertiary/aromatic N) is 6. The number of imidazole rings is 2. The van der Waals surface area contributed by atoms with E-state index in [0.29, 0.717) is 16.9 Å². The van der Waals surface area contributed by atoms with Crippen molar-refractivity contribution in [1.29, 1.82) is 0 Å². The number of hydrogen-bond donors (Lipinski definition) is 1. The summed E-state index contributed by atoms with van der Waals surface area (Å²) in [5, 5.41) is 2.64. The van der Waals surface area contributed by atoms with Gasteiger partial charge in [-0.1, -0.05) is 42.5 Å². The molecule has 180 valence electrons. The molecular weight excluding hydrogens is 442 g/mol. The Kier molecular flexibility index (Phi) is 5.31. The molecule has 0 aliphatic carbocycles. The van der Waals surface area contributed by atoms with E-state index in [2.05, 4.69) is 66.8 Å². The molecule has 0 spiro atoms. The zero-order valence-electron chi connectivity index (χ0n) is 20.1. The fourth-order valence-corrected chi connectivity index (χ4v) is 5.28. The molecule has 3 aromatic heterocycles. The Morgan fingerprint density at radius 1 is 0.943 bits per heavy atom. The van der Waals surface area contributed by atoms with Crippen LogP contribution in [0.15, 0.2) is 58.3 Å². The van der Waals surface area contributed by atoms with Crippen LogP contribution < -0.4 is 11.2 Å². The molecule has 35 heavy (non-hydrogen) atoms. The standard InChI is InChI=1S/C26H29N7O2/c1-18-16-33-22-23(29(2)26(35)28-24(22)34)27-25(33)32(18)15-14-30-10-12-31(13-11-30)17-20-8-5-7-19-6-3-4-9-21(19)20/h3-9,16H,10-15,17H2,1-2H3,(H,28,34,35). The quantitative estimate of drug-likeness (QED) is 0.424. The van der Waals surface area contributed by atoms with Crippen molar-refractivity contribution >= 4 is 27.7 Å². The van der Waals surface area contributed by atoms with E-state index in [1.807, 2.05) is 13.1 Å². The molecule has 1 aliphatic heterocycles. The summed E-state index contributed by atoms with van der Waals surface area (Å²) < 4.78 is 5.32. The van der Waals surface area contributed by atoms with E-state index in [4.69, 9.17) is 0 Å². The van der Waals surface area contributed by atoms with Crippen LogP contribution in [0.1, 0.15) is 11.3 Å². The summed E-state index contributed by atoms with van der Waals surface area (Å²) in [6, 6.07) is 15.2. The van der Waals surface area contributed by atoms with Gasteiger partial charge in [0.25, 0.3) is 5.56 Å². The highest BCUT2D eigenvalue weighted by Crippen LogP contribution is 2.21. The average Bonchev–Trinajstić information content (AvgIpc) is 3.37. The largest absolute Gasteiger partial charge is 0.329 e. The first kappa shape index (κ1) is 21.8. The van der Waals surface area contributed by atoms with Crippen molar-refractivity contribution < 1.29 is 0 Å². The Bertz CT molecular complexity index is 1660. The van der Waals surface area contributed by atoms with Gasteiger partial charge in [0.05, 0.1) is 0 Å². The summed E-state index contributed by atoms with van der Waals surface area (Å²) in [4.78, 5) is 36.5. The molecule has 0 radical (unpaired) electrons. The Hall–Kier alpha value is -3.69. The van der Waals surface area contributed by atoms with Gasteiger partial charge >= 0.3 is 5.69 Å². The molecule has 1 saturated heterocycles. The summed E-state index contributed by atoms with van der Waals surface area (Å²) in [5.41, 5.74) is 2.38. The molecule has 1 N–H and O–H groups in total. The number of hydrogen-bond acceptors (Lipinski definition) is 5. The Morgan fingerprint density at radius 3 is 2.51 bits per heavy atom. The van der Waals surface area contributed by atoms with Gasteiger partial charge in [0.15, 0.2) is 11.2 Å². The van der Waals surface area contributed by atoms with Crippen molar-refractivity contribution in [3.8, 4) is 0 Å². The molecule has 5 aromatic rings. The molecule has 9 nitrogen and oxygen atoms in total. The number of benzene rings is 2. The maximum atomic E-state index is 12.4. The van der Waals surface area contributed by atoms with Gasteiger partial charge in [-0.3, -0.25) is 28.5 Å². The number of nitrogens with one attached hydrogen (secondary N) is 1. The molecule has 0 unspecified atom stereocenters. The molecule has 0 atom stereocenters. The summed E-state index contributed by atoms with van der Waals surface area (Å²) in [6.07, 6.45) is 1.92. The molecule has 0 amide bonds. The van der Waals surface area contributed by atoms with Crippen LogP contribution in [0, 0.1) is 6.92 Å². The van der Waals surface area contributed by atoms with E-state index >= 15 is 0 Å². The lowest BCUT2D eigenvalue weighted by molar-refractivity contribution is 0.124. The molecule has 9 heteroatoms. The maximum Gasteiger partial charge on any atom is 0.329 e. The van der Waals surface area contributed by atoms with Crippen molar-refractivity contribution in [3.05, 3.63) is 80.8 Å². The third kappa shape index (κ3) is 3.77. The SMILES string of the molecule is Cc1cn2c3c(=O)[nH]c(=O)n(C)c3nc2n1CCN1CCN(Cc2cccc3ccccc23)CC1. The van der Waals surface area contributed by atoms with E-state index in [1.165, 1.54) is 20.9 Å². The van der Waals surface area contributed by atoms with Crippen LogP contribution in [0.2, 0.25) is 0 Å². The predicted molar refractivity (Wildman–Crippen MR) is 137 cm³/mol. The van der Waals surface area contributed by atoms with Crippen molar-refractivity contribution in [2.45, 2.75) is 20.0 Å². The number of fused-ring (bicyclic) bond motifs is 4. The second-order valence-corrected chi connectivity index (χ2v) is 9.45. The number of aryl methyl sites for hydroxylation is 2. The van der Waals surface area contributed by atoms with Crippen LogP contribution in [0.3, 0.4) is 0 Å². The molecule has 4 heterocycles. The molecule has 0 bridgehead atoms. The van der Waals surface area contributed by atoms with Gasteiger partial charge in [0.1, 0.15) is 0 Å². The van der Waals surface area contributed by atoms with Gasteiger partial charge in [-0.15, -0.1) is 0 Å². The summed E-state index contributed by atoms with van der Waals surface area (Å²) in [6.45, 7) is 8.80. The fourth-order valence-electron chi connectivity index (χ4n) is 5.28. The van der Waals surface area contributed by atoms with Crippen LogP contribution in [0.4, 0.5) is 0 Å². The minimum atomic E-state index is -0.451. The minimum absolute atomic E-state index is 0.407. The highest BCUT2D eigenvalue weighted by molar-refractivity contribution is 5.85. The van der Waals surface area contributed by atoms with Crippen LogP contribution >= 0.6 is 0 Å². The third-order valence-electron chi connectivity index (χ3n) is 7.29. The van der Waals surface area contributed by atoms with Crippen LogP contribution in [0.5, 0.6) is 0 Å². The lowest BCUT2D eigenvalue weighted by atomic mass is 10.0. The van der Waals surface area contributed by atoms with Gasteiger partial charge in [-0.05, 0) is 23.3 Å². The normalized spacial score (nSPS) is 15.6. The summed E-state index contributed by atoms with van der Waals surface area (Å²) >= 11 is 0. The number of H-pyrrole nitrogens is 1. The van der Waals surface area contributed by atoms with Gasteiger partial charge in [-0.2, -0.15) is 4.98 Å². The van der Waals surface area contributed by atoms with Gasteiger partial charge in [0.2, 0.25) is 5.78 Å². The number of rotatable bonds is 5. The molecule has 6 rings (SSSR count). The van der Waals surface area contributed by atoms with Crippen molar-refractivity contribution in [3.63, 3.8) is 0 Å². The topological polar surface area (TPSA) is 83.6 Å². The van der Waals surface area contributed by atoms with Gasteiger partial charge in [-0.25, -0.2) is 4.79 Å². The van der Waals surface area contributed by atoms with Crippen LogP contribution in [-0.4, -0.2) is 66.0 Å². The average molecular weight is 472 g/mol. The van der Waals surface area contributed by atoms with Crippen LogP contribution in [0.25, 0.3) is 27.7 Å². The lowest BCUT2D eigenvalue weighted by Crippen LogP contribution is -2.46. The van der Waals surface area contributed by atoms with E-state index in [-0.39, 0.29) is 0 Å². The predicted octanol–water partition coefficient (Wildman–Crippen LogP) is 1.96. The van der Waals surface area contributed by atoms with E-state index < -0.39 is 11.2 Å². The number of piperazine rings is 1. The van der Waals surface area contributed by atoms with Crippen molar-refractivity contribution in [2.75, 3.05) is 32.7 Å². The Balaban J connectivity index is 1.14. The number of aromatic amines is 1. The minimum Gasteiger partial charge on any atom is -0.313 e. The second kappa shape index (κ2) is 8.51. The maximum absolute atomic E-state index is 12.4. The van der Waals surface area contributed by atoms with E-state index in [0.717, 1.165) is 51.5 Å². The van der Waals surface area contributed by atoms with Crippen molar-refractivity contribution in [1.82, 2.24) is 33.3 Å². The van der Waals surface area contributed by atoms with Gasteiger partial charge < -0.3 is 4.57 Å². The van der Waals surface area contributed by atoms with Crippen molar-refractivity contribution in [2.24, 2.45) is 7.05 Å². The summed E-state index contributed by atoms with van der Waals surface area (Å²) in [5.74, 6) is 0.693. The lowest BCUT2D eigenvalue weighted by Gasteiger charge is -2.35. The molecule has 1 aliphatic rings. The highest BCUT2D eigenvalue weighted by atomic mass is 16.2. The fraction of sp³-hybridized carbons (Fsp3) is 0.346. The van der Waals surface area contributed by atoms with Gasteiger partial charge in [0, 0.05) is 64.8 Å². The first-order valence-electron chi connectivity index (χ1n) is 12.1. The van der Waals surface area contributed by atoms with Crippen LogP contribution in [-0.2, 0) is 20.1 Å². The Labute approximate surface area is 201 Å². The zero-order chi connectivity index (χ0) is 24.1. The zero-order valence-corrected chi connectivity index (χ0v) is 20.1. The van der Waals surface area contributed by atoms with E-state index in [1.54, 1.807) is 11.4 Å². The molecular formula is C26H29N7O2. The first-order chi connectivity index (χ1) is 17.0. The number of aromatic nitrogens is 5. The smallest absolute Gasteiger partial charge is 0.313 e. The molecule has 0 saturated carbocycles. The Morgan fingerprint density at radius 2 is 1.69 bits per heavy atom. The highest BCUT2D eigenvalue weighted by Gasteiger charge is 2.20.